The maximum Gasteiger partial charge on any atom is 0.240 e. The van der Waals surface area contributed by atoms with Crippen LogP contribution in [-0.2, 0) is 10.0 Å². The van der Waals surface area contributed by atoms with Gasteiger partial charge in [-0.15, -0.1) is 0 Å². The van der Waals surface area contributed by atoms with E-state index in [1.165, 1.54) is 0 Å². The fourth-order valence-corrected chi connectivity index (χ4v) is 3.03. The van der Waals surface area contributed by atoms with Crippen LogP contribution >= 0.6 is 15.9 Å². The highest BCUT2D eigenvalue weighted by molar-refractivity contribution is 9.09. The predicted molar refractivity (Wildman–Crippen MR) is 69.5 cm³/mol. The van der Waals surface area contributed by atoms with E-state index in [1.54, 1.807) is 13.0 Å². The number of hydrogen-bond donors (Lipinski definition) is 1. The van der Waals surface area contributed by atoms with E-state index in [0.717, 1.165) is 22.9 Å². The van der Waals surface area contributed by atoms with Crippen LogP contribution in [0.4, 0.5) is 0 Å². The molecule has 0 bridgehead atoms. The lowest BCUT2D eigenvalue weighted by molar-refractivity contribution is 0.580. The largest absolute Gasteiger partial charge is 0.240 e. The predicted octanol–water partition coefficient (Wildman–Crippen LogP) is 2.37. The highest BCUT2D eigenvalue weighted by Crippen LogP contribution is 2.16. The lowest BCUT2D eigenvalue weighted by Crippen LogP contribution is -2.25. The standard InChI is InChI=1S/C11H16BrNO2S/c1-9-4-5-10(2)11(8-9)16(14,15)13-7-3-6-12/h4-5,8,13H,3,6-7H2,1-2H3. The Balaban J connectivity index is 2.93. The second-order valence-corrected chi connectivity index (χ2v) is 6.24. The molecular formula is C11H16BrNO2S. The maximum absolute atomic E-state index is 12.0. The zero-order valence-corrected chi connectivity index (χ0v) is 11.9. The van der Waals surface area contributed by atoms with Gasteiger partial charge in [-0.3, -0.25) is 0 Å². The smallest absolute Gasteiger partial charge is 0.211 e. The second-order valence-electron chi connectivity index (χ2n) is 3.71. The van der Waals surface area contributed by atoms with Gasteiger partial charge >= 0.3 is 0 Å². The average Bonchev–Trinajstić information content (AvgIpc) is 2.22. The van der Waals surface area contributed by atoms with E-state index in [2.05, 4.69) is 20.7 Å². The zero-order chi connectivity index (χ0) is 12.2. The van der Waals surface area contributed by atoms with Crippen LogP contribution in [0.5, 0.6) is 0 Å². The molecule has 90 valence electrons. The Labute approximate surface area is 105 Å². The molecule has 3 nitrogen and oxygen atoms in total. The van der Waals surface area contributed by atoms with Crippen molar-refractivity contribution in [3.8, 4) is 0 Å². The molecule has 0 aliphatic heterocycles. The minimum Gasteiger partial charge on any atom is -0.211 e. The summed E-state index contributed by atoms with van der Waals surface area (Å²) >= 11 is 3.26. The fraction of sp³-hybridized carbons (Fsp3) is 0.455. The molecule has 0 unspecified atom stereocenters. The molecule has 0 amide bonds. The minimum absolute atomic E-state index is 0.377. The van der Waals surface area contributed by atoms with Crippen molar-refractivity contribution in [2.45, 2.75) is 25.2 Å². The van der Waals surface area contributed by atoms with Gasteiger partial charge in [-0.25, -0.2) is 13.1 Å². The summed E-state index contributed by atoms with van der Waals surface area (Å²) in [4.78, 5) is 0.377. The van der Waals surface area contributed by atoms with E-state index in [1.807, 2.05) is 19.1 Å². The second kappa shape index (κ2) is 5.80. The van der Waals surface area contributed by atoms with Crippen LogP contribution in [0.25, 0.3) is 0 Å². The van der Waals surface area contributed by atoms with E-state index in [4.69, 9.17) is 0 Å². The molecule has 0 heterocycles. The van der Waals surface area contributed by atoms with Crippen molar-refractivity contribution < 1.29 is 8.42 Å². The Morgan fingerprint density at radius 1 is 1.31 bits per heavy atom. The first kappa shape index (κ1) is 13.7. The fourth-order valence-electron chi connectivity index (χ4n) is 1.35. The summed E-state index contributed by atoms with van der Waals surface area (Å²) in [5, 5.41) is 0.794. The van der Waals surface area contributed by atoms with Crippen LogP contribution in [0, 0.1) is 13.8 Å². The minimum atomic E-state index is -3.36. The number of aryl methyl sites for hydroxylation is 2. The average molecular weight is 306 g/mol. The van der Waals surface area contributed by atoms with Crippen molar-refractivity contribution in [1.29, 1.82) is 0 Å². The van der Waals surface area contributed by atoms with Crippen molar-refractivity contribution in [3.63, 3.8) is 0 Å². The van der Waals surface area contributed by atoms with Crippen molar-refractivity contribution in [1.82, 2.24) is 4.72 Å². The maximum atomic E-state index is 12.0. The van der Waals surface area contributed by atoms with Crippen LogP contribution in [0.3, 0.4) is 0 Å². The number of benzene rings is 1. The van der Waals surface area contributed by atoms with Crippen molar-refractivity contribution in [2.75, 3.05) is 11.9 Å². The number of hydrogen-bond acceptors (Lipinski definition) is 2. The van der Waals surface area contributed by atoms with E-state index < -0.39 is 10.0 Å². The molecule has 0 radical (unpaired) electrons. The third-order valence-corrected chi connectivity index (χ3v) is 4.40. The summed E-state index contributed by atoms with van der Waals surface area (Å²) in [6.45, 7) is 4.15. The molecule has 0 saturated heterocycles. The van der Waals surface area contributed by atoms with Crippen molar-refractivity contribution in [3.05, 3.63) is 29.3 Å². The van der Waals surface area contributed by atoms with E-state index in [9.17, 15) is 8.42 Å². The van der Waals surface area contributed by atoms with Crippen molar-refractivity contribution >= 4 is 26.0 Å². The topological polar surface area (TPSA) is 46.2 Å². The van der Waals surface area contributed by atoms with Gasteiger partial charge in [0.15, 0.2) is 0 Å². The van der Waals surface area contributed by atoms with E-state index in [0.29, 0.717) is 11.4 Å². The van der Waals surface area contributed by atoms with Gasteiger partial charge < -0.3 is 0 Å². The van der Waals surface area contributed by atoms with Crippen LogP contribution < -0.4 is 4.72 Å². The highest BCUT2D eigenvalue weighted by Gasteiger charge is 2.15. The molecule has 0 aliphatic rings. The van der Waals surface area contributed by atoms with E-state index in [-0.39, 0.29) is 0 Å². The first-order chi connectivity index (χ1) is 7.47. The number of rotatable bonds is 5. The van der Waals surface area contributed by atoms with E-state index >= 15 is 0 Å². The Bertz CT molecular complexity index is 457. The van der Waals surface area contributed by atoms with Gasteiger partial charge in [0.25, 0.3) is 0 Å². The molecule has 16 heavy (non-hydrogen) atoms. The summed E-state index contributed by atoms with van der Waals surface area (Å²) in [7, 11) is -3.36. The zero-order valence-electron chi connectivity index (χ0n) is 9.46. The number of alkyl halides is 1. The number of nitrogens with one attached hydrogen (secondary N) is 1. The molecule has 1 aromatic carbocycles. The van der Waals surface area contributed by atoms with Crippen molar-refractivity contribution in [2.24, 2.45) is 0 Å². The monoisotopic (exact) mass is 305 g/mol. The van der Waals surface area contributed by atoms with Gasteiger partial charge in [0.05, 0.1) is 4.90 Å². The summed E-state index contributed by atoms with van der Waals surface area (Å²) in [5.74, 6) is 0. The molecule has 1 aromatic rings. The summed E-state index contributed by atoms with van der Waals surface area (Å²) in [5.41, 5.74) is 1.73. The SMILES string of the molecule is Cc1ccc(C)c(S(=O)(=O)NCCCBr)c1. The first-order valence-electron chi connectivity index (χ1n) is 5.10. The third-order valence-electron chi connectivity index (χ3n) is 2.24. The summed E-state index contributed by atoms with van der Waals surface area (Å²) in [6.07, 6.45) is 0.782. The molecule has 0 atom stereocenters. The summed E-state index contributed by atoms with van der Waals surface area (Å²) in [6, 6.07) is 5.44. The van der Waals surface area contributed by atoms with Gasteiger partial charge in [0, 0.05) is 11.9 Å². The molecular weight excluding hydrogens is 290 g/mol. The molecule has 0 aromatic heterocycles. The Morgan fingerprint density at radius 3 is 2.62 bits per heavy atom. The highest BCUT2D eigenvalue weighted by atomic mass is 79.9. The molecule has 5 heteroatoms. The quantitative estimate of drug-likeness (QED) is 0.670. The van der Waals surface area contributed by atoms with Crippen LogP contribution in [0.1, 0.15) is 17.5 Å². The normalized spacial score (nSPS) is 11.7. The lowest BCUT2D eigenvalue weighted by atomic mass is 10.2. The molecule has 1 rings (SSSR count). The molecule has 0 spiro atoms. The summed E-state index contributed by atoms with van der Waals surface area (Å²) < 4.78 is 26.5. The molecule has 0 aliphatic carbocycles. The van der Waals surface area contributed by atoms with Crippen LogP contribution in [0.2, 0.25) is 0 Å². The molecule has 0 fully saturated rings. The Morgan fingerprint density at radius 2 is 2.00 bits per heavy atom. The van der Waals surface area contributed by atoms with Crippen LogP contribution in [0.15, 0.2) is 23.1 Å². The molecule has 1 N–H and O–H groups in total. The van der Waals surface area contributed by atoms with Gasteiger partial charge in [-0.1, -0.05) is 28.1 Å². The Hall–Kier alpha value is -0.390. The lowest BCUT2D eigenvalue weighted by Gasteiger charge is -2.09. The van der Waals surface area contributed by atoms with Crippen LogP contribution in [-0.4, -0.2) is 20.3 Å². The number of halogens is 1. The Kier molecular flexibility index (Phi) is 4.95. The third kappa shape index (κ3) is 3.57. The van der Waals surface area contributed by atoms with Gasteiger partial charge in [-0.05, 0) is 37.5 Å². The molecule has 0 saturated carbocycles. The van der Waals surface area contributed by atoms with Gasteiger partial charge in [0.2, 0.25) is 10.0 Å². The van der Waals surface area contributed by atoms with Gasteiger partial charge in [-0.2, -0.15) is 0 Å². The number of sulfonamides is 1. The van der Waals surface area contributed by atoms with Gasteiger partial charge in [0.1, 0.15) is 0 Å². The first-order valence-corrected chi connectivity index (χ1v) is 7.71.